The summed E-state index contributed by atoms with van der Waals surface area (Å²) in [7, 11) is -3.44. The molecule has 1 fully saturated rings. The van der Waals surface area contributed by atoms with Gasteiger partial charge in [0.2, 0.25) is 10.0 Å². The largest absolute Gasteiger partial charge is 0.396 e. The molecular formula is C12H21N3O3S. The zero-order valence-corrected chi connectivity index (χ0v) is 11.8. The first-order valence-electron chi connectivity index (χ1n) is 6.75. The highest BCUT2D eigenvalue weighted by atomic mass is 32.2. The second-order valence-corrected chi connectivity index (χ2v) is 6.77. The number of aromatic nitrogens is 2. The minimum atomic E-state index is -3.44. The van der Waals surface area contributed by atoms with E-state index < -0.39 is 10.0 Å². The van der Waals surface area contributed by atoms with Gasteiger partial charge in [-0.15, -0.1) is 0 Å². The number of aliphatic hydroxyl groups excluding tert-OH is 1. The van der Waals surface area contributed by atoms with E-state index in [4.69, 9.17) is 5.11 Å². The summed E-state index contributed by atoms with van der Waals surface area (Å²) in [5.74, 6) is 0.825. The van der Waals surface area contributed by atoms with Gasteiger partial charge < -0.3 is 5.11 Å². The van der Waals surface area contributed by atoms with Gasteiger partial charge in [0, 0.05) is 25.9 Å². The van der Waals surface area contributed by atoms with E-state index in [0.717, 1.165) is 18.8 Å². The van der Waals surface area contributed by atoms with Gasteiger partial charge in [-0.25, -0.2) is 13.1 Å². The maximum absolute atomic E-state index is 12.0. The van der Waals surface area contributed by atoms with Crippen molar-refractivity contribution in [2.24, 2.45) is 5.92 Å². The van der Waals surface area contributed by atoms with Gasteiger partial charge >= 0.3 is 0 Å². The Labute approximate surface area is 113 Å². The molecule has 1 saturated carbocycles. The minimum absolute atomic E-state index is 0.0708. The summed E-state index contributed by atoms with van der Waals surface area (Å²) in [5.41, 5.74) is 0. The summed E-state index contributed by atoms with van der Waals surface area (Å²) >= 11 is 0. The van der Waals surface area contributed by atoms with Crippen molar-refractivity contribution in [3.63, 3.8) is 0 Å². The number of hydrogen-bond donors (Lipinski definition) is 2. The highest BCUT2D eigenvalue weighted by molar-refractivity contribution is 7.89. The molecule has 0 unspecified atom stereocenters. The van der Waals surface area contributed by atoms with Gasteiger partial charge in [0.15, 0.2) is 0 Å². The van der Waals surface area contributed by atoms with E-state index in [9.17, 15) is 8.42 Å². The van der Waals surface area contributed by atoms with Crippen LogP contribution in [0.3, 0.4) is 0 Å². The number of aliphatic hydroxyl groups is 1. The molecule has 1 aliphatic rings. The highest BCUT2D eigenvalue weighted by Crippen LogP contribution is 2.33. The van der Waals surface area contributed by atoms with Crippen LogP contribution in [0.25, 0.3) is 0 Å². The molecule has 2 N–H and O–H groups in total. The van der Waals surface area contributed by atoms with Crippen molar-refractivity contribution in [3.05, 3.63) is 12.4 Å². The Kier molecular flexibility index (Phi) is 4.95. The number of sulfonamides is 1. The molecule has 0 saturated heterocycles. The predicted molar refractivity (Wildman–Crippen MR) is 71.1 cm³/mol. The van der Waals surface area contributed by atoms with Gasteiger partial charge in [0.05, 0.1) is 6.20 Å². The van der Waals surface area contributed by atoms with Gasteiger partial charge in [-0.3, -0.25) is 4.68 Å². The predicted octanol–water partition coefficient (Wildman–Crippen LogP) is 0.734. The van der Waals surface area contributed by atoms with E-state index in [1.165, 1.54) is 29.9 Å². The molecule has 108 valence electrons. The summed E-state index contributed by atoms with van der Waals surface area (Å²) in [4.78, 5) is 0.192. The molecule has 19 heavy (non-hydrogen) atoms. The average Bonchev–Trinajstić information content (AvgIpc) is 3.08. The lowest BCUT2D eigenvalue weighted by molar-refractivity contribution is 0.277. The zero-order valence-electron chi connectivity index (χ0n) is 11.0. The standard InChI is InChI=1S/C12H21N3O3S/c16-8-2-7-15-10-12(9-13-15)19(17,18)14-6-1-3-11-4-5-11/h9-11,14,16H,1-8H2. The molecule has 0 aliphatic heterocycles. The second kappa shape index (κ2) is 6.49. The Morgan fingerprint density at radius 2 is 2.21 bits per heavy atom. The van der Waals surface area contributed by atoms with E-state index in [0.29, 0.717) is 19.5 Å². The summed E-state index contributed by atoms with van der Waals surface area (Å²) in [6.45, 7) is 1.08. The number of hydrogen-bond acceptors (Lipinski definition) is 4. The van der Waals surface area contributed by atoms with E-state index in [2.05, 4.69) is 9.82 Å². The van der Waals surface area contributed by atoms with Crippen molar-refractivity contribution in [2.75, 3.05) is 13.2 Å². The molecule has 0 spiro atoms. The Morgan fingerprint density at radius 3 is 2.89 bits per heavy atom. The van der Waals surface area contributed by atoms with Gasteiger partial charge in [0.1, 0.15) is 4.90 Å². The van der Waals surface area contributed by atoms with Crippen LogP contribution in [0.1, 0.15) is 32.1 Å². The summed E-state index contributed by atoms with van der Waals surface area (Å²) in [6, 6.07) is 0. The molecule has 1 heterocycles. The van der Waals surface area contributed by atoms with E-state index in [1.54, 1.807) is 0 Å². The molecule has 2 rings (SSSR count). The molecular weight excluding hydrogens is 266 g/mol. The van der Waals surface area contributed by atoms with E-state index in [-0.39, 0.29) is 11.5 Å². The summed E-state index contributed by atoms with van der Waals surface area (Å²) < 4.78 is 28.1. The monoisotopic (exact) mass is 287 g/mol. The first-order valence-corrected chi connectivity index (χ1v) is 8.23. The number of aryl methyl sites for hydroxylation is 1. The third kappa shape index (κ3) is 4.59. The molecule has 7 heteroatoms. The van der Waals surface area contributed by atoms with Crippen LogP contribution in [0.15, 0.2) is 17.3 Å². The first-order chi connectivity index (χ1) is 9.12. The zero-order chi connectivity index (χ0) is 13.7. The Bertz CT molecular complexity index is 494. The Morgan fingerprint density at radius 1 is 1.42 bits per heavy atom. The smallest absolute Gasteiger partial charge is 0.243 e. The maximum Gasteiger partial charge on any atom is 0.243 e. The lowest BCUT2D eigenvalue weighted by atomic mass is 10.2. The normalized spacial score (nSPS) is 15.8. The van der Waals surface area contributed by atoms with Gasteiger partial charge in [-0.2, -0.15) is 5.10 Å². The van der Waals surface area contributed by atoms with Gasteiger partial charge in [0.25, 0.3) is 0 Å². The lowest BCUT2D eigenvalue weighted by Gasteiger charge is -2.04. The van der Waals surface area contributed by atoms with Crippen LogP contribution in [0.5, 0.6) is 0 Å². The third-order valence-electron chi connectivity index (χ3n) is 3.24. The molecule has 1 aromatic heterocycles. The van der Waals surface area contributed by atoms with Crippen molar-refractivity contribution >= 4 is 10.0 Å². The first kappa shape index (κ1) is 14.5. The second-order valence-electron chi connectivity index (χ2n) is 5.00. The number of nitrogens with zero attached hydrogens (tertiary/aromatic N) is 2. The SMILES string of the molecule is O=S(=O)(NCCCC1CC1)c1cnn(CCCO)c1. The van der Waals surface area contributed by atoms with Crippen LogP contribution in [-0.4, -0.2) is 36.5 Å². The average molecular weight is 287 g/mol. The molecule has 0 radical (unpaired) electrons. The number of nitrogens with one attached hydrogen (secondary N) is 1. The highest BCUT2D eigenvalue weighted by Gasteiger charge is 2.21. The fourth-order valence-electron chi connectivity index (χ4n) is 1.93. The number of rotatable bonds is 9. The molecule has 1 aromatic rings. The van der Waals surface area contributed by atoms with E-state index >= 15 is 0 Å². The van der Waals surface area contributed by atoms with Crippen molar-refractivity contribution in [2.45, 2.75) is 43.5 Å². The Balaban J connectivity index is 1.81. The minimum Gasteiger partial charge on any atom is -0.396 e. The van der Waals surface area contributed by atoms with Crippen LogP contribution in [0.4, 0.5) is 0 Å². The maximum atomic E-state index is 12.0. The van der Waals surface area contributed by atoms with Crippen molar-refractivity contribution < 1.29 is 13.5 Å². The van der Waals surface area contributed by atoms with Crippen molar-refractivity contribution in [1.29, 1.82) is 0 Å². The van der Waals surface area contributed by atoms with Crippen LogP contribution in [0, 0.1) is 5.92 Å². The fraction of sp³-hybridized carbons (Fsp3) is 0.750. The molecule has 0 bridgehead atoms. The van der Waals surface area contributed by atoms with Crippen molar-refractivity contribution in [1.82, 2.24) is 14.5 Å². The lowest BCUT2D eigenvalue weighted by Crippen LogP contribution is -2.24. The van der Waals surface area contributed by atoms with Crippen LogP contribution >= 0.6 is 0 Å². The quantitative estimate of drug-likeness (QED) is 0.656. The topological polar surface area (TPSA) is 84.2 Å². The summed E-state index contributed by atoms with van der Waals surface area (Å²) in [6.07, 6.45) is 8.01. The van der Waals surface area contributed by atoms with Crippen LogP contribution in [0.2, 0.25) is 0 Å². The Hall–Kier alpha value is -0.920. The van der Waals surface area contributed by atoms with Gasteiger partial charge in [-0.05, 0) is 25.2 Å². The molecule has 1 aliphatic carbocycles. The van der Waals surface area contributed by atoms with Gasteiger partial charge in [-0.1, -0.05) is 12.8 Å². The fourth-order valence-corrected chi connectivity index (χ4v) is 2.95. The molecule has 6 nitrogen and oxygen atoms in total. The van der Waals surface area contributed by atoms with Crippen LogP contribution < -0.4 is 4.72 Å². The molecule has 0 aromatic carbocycles. The summed E-state index contributed by atoms with van der Waals surface area (Å²) in [5, 5.41) is 12.7. The third-order valence-corrected chi connectivity index (χ3v) is 4.66. The molecule has 0 amide bonds. The van der Waals surface area contributed by atoms with E-state index in [1.807, 2.05) is 0 Å². The molecule has 0 atom stereocenters. The van der Waals surface area contributed by atoms with Crippen molar-refractivity contribution in [3.8, 4) is 0 Å². The van der Waals surface area contributed by atoms with Crippen LogP contribution in [-0.2, 0) is 16.6 Å².